The van der Waals surface area contributed by atoms with E-state index >= 15 is 0 Å². The molecule has 1 aromatic heterocycles. The van der Waals surface area contributed by atoms with E-state index in [0.29, 0.717) is 17.3 Å². The van der Waals surface area contributed by atoms with E-state index < -0.39 is 0 Å². The fraction of sp³-hybridized carbons (Fsp3) is 0.375. The van der Waals surface area contributed by atoms with Crippen LogP contribution in [0.5, 0.6) is 0 Å². The molecule has 1 fully saturated rings. The molecule has 5 heteroatoms. The van der Waals surface area contributed by atoms with E-state index in [1.807, 2.05) is 24.3 Å². The predicted molar refractivity (Wildman–Crippen MR) is 84.8 cm³/mol. The molecule has 0 unspecified atom stereocenters. The Kier molecular flexibility index (Phi) is 4.36. The standard InChI is InChI=1S/C16H18ClN3O/c17-15-11-13(12-5-1-2-6-14(12)19-15)16(21)18-7-10-20-8-3-4-9-20/h1-2,5-6,11H,3-4,7-10H2,(H,18,21). The number of hydrogen-bond donors (Lipinski definition) is 1. The number of pyridine rings is 1. The van der Waals surface area contributed by atoms with Gasteiger partial charge in [-0.15, -0.1) is 0 Å². The lowest BCUT2D eigenvalue weighted by Gasteiger charge is -2.15. The molecule has 1 amide bonds. The molecule has 1 aliphatic rings. The van der Waals surface area contributed by atoms with Crippen LogP contribution in [-0.2, 0) is 0 Å². The van der Waals surface area contributed by atoms with E-state index in [4.69, 9.17) is 11.6 Å². The third kappa shape index (κ3) is 3.34. The van der Waals surface area contributed by atoms with Gasteiger partial charge in [0.2, 0.25) is 0 Å². The average Bonchev–Trinajstić information content (AvgIpc) is 2.99. The summed E-state index contributed by atoms with van der Waals surface area (Å²) >= 11 is 6.01. The summed E-state index contributed by atoms with van der Waals surface area (Å²) in [5, 5.41) is 4.16. The molecule has 4 nitrogen and oxygen atoms in total. The number of likely N-dealkylation sites (tertiary alicyclic amines) is 1. The van der Waals surface area contributed by atoms with Gasteiger partial charge in [0.25, 0.3) is 5.91 Å². The first-order valence-electron chi connectivity index (χ1n) is 7.30. The number of halogens is 1. The highest BCUT2D eigenvalue weighted by Gasteiger charge is 2.14. The summed E-state index contributed by atoms with van der Waals surface area (Å²) in [5.41, 5.74) is 1.33. The second kappa shape index (κ2) is 6.41. The zero-order valence-corrected chi connectivity index (χ0v) is 12.6. The van der Waals surface area contributed by atoms with Crippen molar-refractivity contribution in [1.29, 1.82) is 0 Å². The Morgan fingerprint density at radius 3 is 2.86 bits per heavy atom. The van der Waals surface area contributed by atoms with Crippen molar-refractivity contribution in [2.45, 2.75) is 12.8 Å². The number of nitrogens with one attached hydrogen (secondary N) is 1. The highest BCUT2D eigenvalue weighted by atomic mass is 35.5. The lowest BCUT2D eigenvalue weighted by molar-refractivity contribution is 0.0951. The van der Waals surface area contributed by atoms with Crippen molar-refractivity contribution < 1.29 is 4.79 Å². The SMILES string of the molecule is O=C(NCCN1CCCC1)c1cc(Cl)nc2ccccc12. The van der Waals surface area contributed by atoms with Crippen LogP contribution in [0.4, 0.5) is 0 Å². The van der Waals surface area contributed by atoms with Gasteiger partial charge in [0.05, 0.1) is 11.1 Å². The maximum atomic E-state index is 12.4. The maximum absolute atomic E-state index is 12.4. The number of hydrogen-bond acceptors (Lipinski definition) is 3. The highest BCUT2D eigenvalue weighted by Crippen LogP contribution is 2.20. The van der Waals surface area contributed by atoms with E-state index in [2.05, 4.69) is 15.2 Å². The lowest BCUT2D eigenvalue weighted by atomic mass is 10.1. The maximum Gasteiger partial charge on any atom is 0.252 e. The molecule has 21 heavy (non-hydrogen) atoms. The third-order valence-corrected chi connectivity index (χ3v) is 4.04. The minimum Gasteiger partial charge on any atom is -0.351 e. The molecule has 2 aromatic rings. The zero-order chi connectivity index (χ0) is 14.7. The second-order valence-electron chi connectivity index (χ2n) is 5.31. The monoisotopic (exact) mass is 303 g/mol. The number of benzene rings is 1. The van der Waals surface area contributed by atoms with Gasteiger partial charge < -0.3 is 10.2 Å². The molecule has 0 radical (unpaired) electrons. The molecule has 1 saturated heterocycles. The summed E-state index contributed by atoms with van der Waals surface area (Å²) in [4.78, 5) is 19.0. The summed E-state index contributed by atoms with van der Waals surface area (Å²) in [6, 6.07) is 9.19. The van der Waals surface area contributed by atoms with Crippen LogP contribution >= 0.6 is 11.6 Å². The van der Waals surface area contributed by atoms with E-state index in [9.17, 15) is 4.79 Å². The van der Waals surface area contributed by atoms with E-state index in [1.165, 1.54) is 12.8 Å². The van der Waals surface area contributed by atoms with Crippen molar-refractivity contribution in [1.82, 2.24) is 15.2 Å². The molecule has 1 N–H and O–H groups in total. The molecule has 2 heterocycles. The Balaban J connectivity index is 1.71. The van der Waals surface area contributed by atoms with E-state index in [-0.39, 0.29) is 5.91 Å². The molecular formula is C16H18ClN3O. The highest BCUT2D eigenvalue weighted by molar-refractivity contribution is 6.30. The van der Waals surface area contributed by atoms with Gasteiger partial charge in [0, 0.05) is 18.5 Å². The smallest absolute Gasteiger partial charge is 0.252 e. The van der Waals surface area contributed by atoms with Crippen molar-refractivity contribution in [2.24, 2.45) is 0 Å². The topological polar surface area (TPSA) is 45.2 Å². The summed E-state index contributed by atoms with van der Waals surface area (Å²) in [6.45, 7) is 3.84. The molecule has 0 saturated carbocycles. The van der Waals surface area contributed by atoms with Gasteiger partial charge in [-0.3, -0.25) is 4.79 Å². The number of amides is 1. The fourth-order valence-electron chi connectivity index (χ4n) is 2.76. The average molecular weight is 304 g/mol. The second-order valence-corrected chi connectivity index (χ2v) is 5.70. The molecule has 0 aliphatic carbocycles. The summed E-state index contributed by atoms with van der Waals surface area (Å²) in [5.74, 6) is -0.0882. The first-order chi connectivity index (χ1) is 10.2. The largest absolute Gasteiger partial charge is 0.351 e. The quantitative estimate of drug-likeness (QED) is 0.883. The van der Waals surface area contributed by atoms with Crippen molar-refractivity contribution in [2.75, 3.05) is 26.2 Å². The van der Waals surface area contributed by atoms with Crippen LogP contribution in [0.1, 0.15) is 23.2 Å². The molecule has 0 bridgehead atoms. The number of para-hydroxylation sites is 1. The molecular weight excluding hydrogens is 286 g/mol. The first-order valence-corrected chi connectivity index (χ1v) is 7.68. The van der Waals surface area contributed by atoms with Crippen molar-refractivity contribution in [3.63, 3.8) is 0 Å². The van der Waals surface area contributed by atoms with Crippen LogP contribution in [0.25, 0.3) is 10.9 Å². The number of aromatic nitrogens is 1. The Bertz CT molecular complexity index is 653. The first kappa shape index (κ1) is 14.3. The Morgan fingerprint density at radius 1 is 1.29 bits per heavy atom. The number of nitrogens with zero attached hydrogens (tertiary/aromatic N) is 2. The Morgan fingerprint density at radius 2 is 2.05 bits per heavy atom. The lowest BCUT2D eigenvalue weighted by Crippen LogP contribution is -2.33. The van der Waals surface area contributed by atoms with E-state index in [1.54, 1.807) is 6.07 Å². The van der Waals surface area contributed by atoms with Crippen LogP contribution in [0, 0.1) is 0 Å². The van der Waals surface area contributed by atoms with Gasteiger partial charge in [-0.25, -0.2) is 4.98 Å². The number of carbonyl (C=O) groups is 1. The predicted octanol–water partition coefficient (Wildman–Crippen LogP) is 2.71. The zero-order valence-electron chi connectivity index (χ0n) is 11.8. The van der Waals surface area contributed by atoms with Gasteiger partial charge >= 0.3 is 0 Å². The van der Waals surface area contributed by atoms with Crippen LogP contribution in [-0.4, -0.2) is 42.0 Å². The van der Waals surface area contributed by atoms with Crippen molar-refractivity contribution >= 4 is 28.4 Å². The summed E-state index contributed by atoms with van der Waals surface area (Å²) in [6.07, 6.45) is 2.52. The number of rotatable bonds is 4. The third-order valence-electron chi connectivity index (χ3n) is 3.84. The minimum atomic E-state index is -0.0882. The van der Waals surface area contributed by atoms with Gasteiger partial charge in [0.15, 0.2) is 0 Å². The Labute approximate surface area is 129 Å². The summed E-state index contributed by atoms with van der Waals surface area (Å²) in [7, 11) is 0. The van der Waals surface area contributed by atoms with Crippen molar-refractivity contribution in [3.8, 4) is 0 Å². The van der Waals surface area contributed by atoms with Crippen LogP contribution in [0.2, 0.25) is 5.15 Å². The minimum absolute atomic E-state index is 0.0882. The van der Waals surface area contributed by atoms with Crippen LogP contribution in [0.15, 0.2) is 30.3 Å². The van der Waals surface area contributed by atoms with Crippen LogP contribution < -0.4 is 5.32 Å². The van der Waals surface area contributed by atoms with Crippen LogP contribution in [0.3, 0.4) is 0 Å². The molecule has 3 rings (SSSR count). The van der Waals surface area contributed by atoms with Crippen molar-refractivity contribution in [3.05, 3.63) is 41.0 Å². The molecule has 1 aromatic carbocycles. The fourth-order valence-corrected chi connectivity index (χ4v) is 2.96. The number of carbonyl (C=O) groups excluding carboxylic acids is 1. The van der Waals surface area contributed by atoms with Gasteiger partial charge in [-0.2, -0.15) is 0 Å². The molecule has 0 atom stereocenters. The molecule has 110 valence electrons. The molecule has 1 aliphatic heterocycles. The van der Waals surface area contributed by atoms with E-state index in [0.717, 1.165) is 30.5 Å². The summed E-state index contributed by atoms with van der Waals surface area (Å²) < 4.78 is 0. The van der Waals surface area contributed by atoms with Gasteiger partial charge in [-0.05, 0) is 38.1 Å². The molecule has 0 spiro atoms. The Hall–Kier alpha value is -1.65. The normalized spacial score (nSPS) is 15.5. The number of fused-ring (bicyclic) bond motifs is 1. The van der Waals surface area contributed by atoms with Gasteiger partial charge in [0.1, 0.15) is 5.15 Å². The van der Waals surface area contributed by atoms with Gasteiger partial charge in [-0.1, -0.05) is 29.8 Å².